The first kappa shape index (κ1) is 13.7. The van der Waals surface area contributed by atoms with Crippen molar-refractivity contribution >= 4 is 28.8 Å². The lowest BCUT2D eigenvalue weighted by molar-refractivity contribution is -0.383. The molecular formula is C10H12BNO4S. The Bertz CT molecular complexity index is 541. The van der Waals surface area contributed by atoms with Crippen molar-refractivity contribution in [3.05, 3.63) is 28.3 Å². The Hall–Kier alpha value is -1.37. The Balaban J connectivity index is 3.35. The predicted octanol–water partition coefficient (Wildman–Crippen LogP) is 0.961. The number of nitro benzene ring substituents is 1. The van der Waals surface area contributed by atoms with Gasteiger partial charge in [-0.25, -0.2) is 8.42 Å². The summed E-state index contributed by atoms with van der Waals surface area (Å²) in [5, 5.41) is 10.1. The number of sulfone groups is 1. The molecule has 0 bridgehead atoms. The normalized spacial score (nSPS) is 13.3. The number of nitro groups is 1. The van der Waals surface area contributed by atoms with Gasteiger partial charge in [-0.1, -0.05) is 13.0 Å². The average Bonchev–Trinajstić information content (AvgIpc) is 2.27. The largest absolute Gasteiger partial charge is 0.263 e. The van der Waals surface area contributed by atoms with Crippen molar-refractivity contribution < 1.29 is 13.3 Å². The molecule has 1 rings (SSSR count). The van der Waals surface area contributed by atoms with Crippen molar-refractivity contribution in [3.63, 3.8) is 0 Å². The van der Waals surface area contributed by atoms with E-state index in [-0.39, 0.29) is 16.0 Å². The monoisotopic (exact) mass is 253 g/mol. The van der Waals surface area contributed by atoms with Crippen LogP contribution in [0.1, 0.15) is 20.3 Å². The highest BCUT2D eigenvalue weighted by Crippen LogP contribution is 2.21. The van der Waals surface area contributed by atoms with E-state index in [9.17, 15) is 18.5 Å². The molecule has 0 aliphatic heterocycles. The zero-order valence-corrected chi connectivity index (χ0v) is 10.4. The van der Waals surface area contributed by atoms with Crippen LogP contribution in [0.15, 0.2) is 23.1 Å². The lowest BCUT2D eigenvalue weighted by atomic mass is 9.94. The minimum Gasteiger partial charge on any atom is -0.258 e. The summed E-state index contributed by atoms with van der Waals surface area (Å²) in [6.45, 7) is 3.31. The quantitative estimate of drug-likeness (QED) is 0.455. The number of hydrogen-bond donors (Lipinski definition) is 0. The Labute approximate surface area is 101 Å². The topological polar surface area (TPSA) is 77.3 Å². The average molecular weight is 253 g/mol. The molecule has 90 valence electrons. The highest BCUT2D eigenvalue weighted by molar-refractivity contribution is 7.92. The summed E-state index contributed by atoms with van der Waals surface area (Å²) in [5.41, 5.74) is -0.424. The molecule has 1 aromatic carbocycles. The summed E-state index contributed by atoms with van der Waals surface area (Å²) < 4.78 is 24.0. The second-order valence-corrected chi connectivity index (χ2v) is 6.11. The van der Waals surface area contributed by atoms with Crippen LogP contribution in [0.3, 0.4) is 0 Å². The van der Waals surface area contributed by atoms with Crippen molar-refractivity contribution in [2.45, 2.75) is 30.4 Å². The molecule has 0 aliphatic rings. The molecule has 0 saturated heterocycles. The van der Waals surface area contributed by atoms with Gasteiger partial charge in [-0.05, 0) is 24.9 Å². The lowest BCUT2D eigenvalue weighted by Gasteiger charge is -2.10. The van der Waals surface area contributed by atoms with E-state index in [2.05, 4.69) is 0 Å². The van der Waals surface area contributed by atoms with E-state index in [0.717, 1.165) is 6.07 Å². The fourth-order valence-electron chi connectivity index (χ4n) is 1.31. The van der Waals surface area contributed by atoms with E-state index in [1.54, 1.807) is 13.8 Å². The molecule has 0 heterocycles. The maximum atomic E-state index is 12.0. The van der Waals surface area contributed by atoms with Crippen LogP contribution in [-0.4, -0.2) is 26.4 Å². The molecule has 0 N–H and O–H groups in total. The molecule has 1 unspecified atom stereocenters. The van der Waals surface area contributed by atoms with Gasteiger partial charge < -0.3 is 0 Å². The Morgan fingerprint density at radius 2 is 2.06 bits per heavy atom. The second kappa shape index (κ2) is 4.87. The van der Waals surface area contributed by atoms with Gasteiger partial charge >= 0.3 is 0 Å². The summed E-state index contributed by atoms with van der Waals surface area (Å²) >= 11 is 0. The number of benzene rings is 1. The van der Waals surface area contributed by atoms with E-state index in [1.165, 1.54) is 12.1 Å². The third-order valence-corrected chi connectivity index (χ3v) is 4.94. The van der Waals surface area contributed by atoms with Crippen LogP contribution in [0.5, 0.6) is 0 Å². The van der Waals surface area contributed by atoms with Gasteiger partial charge in [-0.2, -0.15) is 0 Å². The van der Waals surface area contributed by atoms with Crippen LogP contribution in [0.4, 0.5) is 5.69 Å². The summed E-state index contributed by atoms with van der Waals surface area (Å²) in [7, 11) is 1.88. The van der Waals surface area contributed by atoms with Gasteiger partial charge in [0, 0.05) is 6.07 Å². The zero-order valence-electron chi connectivity index (χ0n) is 9.58. The summed E-state index contributed by atoms with van der Waals surface area (Å²) in [6, 6.07) is 3.55. The van der Waals surface area contributed by atoms with Crippen molar-refractivity contribution in [2.75, 3.05) is 0 Å². The van der Waals surface area contributed by atoms with E-state index in [4.69, 9.17) is 7.85 Å². The molecule has 0 amide bonds. The highest BCUT2D eigenvalue weighted by Gasteiger charge is 2.24. The SMILES string of the molecule is [B]c1ccc(S(=O)(=O)C(C)CC)cc1[N+](=O)[O-]. The van der Waals surface area contributed by atoms with Crippen LogP contribution in [-0.2, 0) is 9.84 Å². The van der Waals surface area contributed by atoms with Gasteiger partial charge in [-0.15, -0.1) is 0 Å². The maximum absolute atomic E-state index is 12.0. The molecule has 1 aromatic rings. The summed E-state index contributed by atoms with van der Waals surface area (Å²) in [5.74, 6) is 0. The van der Waals surface area contributed by atoms with Crippen LogP contribution >= 0.6 is 0 Å². The van der Waals surface area contributed by atoms with Crippen LogP contribution in [0, 0.1) is 10.1 Å². The molecule has 5 nitrogen and oxygen atoms in total. The Morgan fingerprint density at radius 1 is 1.47 bits per heavy atom. The van der Waals surface area contributed by atoms with Gasteiger partial charge in [0.05, 0.1) is 15.1 Å². The van der Waals surface area contributed by atoms with E-state index < -0.39 is 20.0 Å². The number of hydrogen-bond acceptors (Lipinski definition) is 4. The van der Waals surface area contributed by atoms with Crippen molar-refractivity contribution in [1.29, 1.82) is 0 Å². The van der Waals surface area contributed by atoms with E-state index in [0.29, 0.717) is 6.42 Å². The third kappa shape index (κ3) is 2.66. The van der Waals surface area contributed by atoms with Crippen molar-refractivity contribution in [3.8, 4) is 0 Å². The molecule has 17 heavy (non-hydrogen) atoms. The highest BCUT2D eigenvalue weighted by atomic mass is 32.2. The second-order valence-electron chi connectivity index (χ2n) is 3.74. The molecular weight excluding hydrogens is 241 g/mol. The molecule has 0 aromatic heterocycles. The fourth-order valence-corrected chi connectivity index (χ4v) is 2.75. The maximum Gasteiger partial charge on any atom is 0.263 e. The first-order valence-electron chi connectivity index (χ1n) is 5.08. The van der Waals surface area contributed by atoms with Crippen LogP contribution in [0.25, 0.3) is 0 Å². The number of nitrogens with zero attached hydrogens (tertiary/aromatic N) is 1. The summed E-state index contributed by atoms with van der Waals surface area (Å²) in [6.07, 6.45) is 0.445. The van der Waals surface area contributed by atoms with Gasteiger partial charge in [0.2, 0.25) is 0 Å². The fraction of sp³-hybridized carbons (Fsp3) is 0.400. The van der Waals surface area contributed by atoms with Crippen LogP contribution < -0.4 is 5.46 Å². The minimum atomic E-state index is -3.52. The molecule has 0 aliphatic carbocycles. The smallest absolute Gasteiger partial charge is 0.258 e. The first-order chi connectivity index (χ1) is 7.80. The van der Waals surface area contributed by atoms with E-state index in [1.807, 2.05) is 0 Å². The van der Waals surface area contributed by atoms with Crippen molar-refractivity contribution in [1.82, 2.24) is 0 Å². The van der Waals surface area contributed by atoms with Gasteiger partial charge in [0.1, 0.15) is 7.85 Å². The molecule has 1 atom stereocenters. The lowest BCUT2D eigenvalue weighted by Crippen LogP contribution is -2.18. The molecule has 7 heteroatoms. The van der Waals surface area contributed by atoms with E-state index >= 15 is 0 Å². The predicted molar refractivity (Wildman–Crippen MR) is 65.4 cm³/mol. The zero-order chi connectivity index (χ0) is 13.2. The van der Waals surface area contributed by atoms with Crippen molar-refractivity contribution in [2.24, 2.45) is 0 Å². The molecule has 2 radical (unpaired) electrons. The molecule has 0 saturated carbocycles. The van der Waals surface area contributed by atoms with Crippen LogP contribution in [0.2, 0.25) is 0 Å². The standard InChI is InChI=1S/C10H12BNO4S/c1-3-7(2)17(15,16)8-4-5-9(11)10(6-8)12(13)14/h4-7H,3H2,1-2H3. The summed E-state index contributed by atoms with van der Waals surface area (Å²) in [4.78, 5) is 9.92. The molecule has 0 fully saturated rings. The third-order valence-electron chi connectivity index (χ3n) is 2.63. The minimum absolute atomic E-state index is 0.0434. The van der Waals surface area contributed by atoms with Gasteiger partial charge in [0.25, 0.3) is 5.69 Å². The number of rotatable bonds is 4. The Morgan fingerprint density at radius 3 is 2.53 bits per heavy atom. The first-order valence-corrected chi connectivity index (χ1v) is 6.63. The van der Waals surface area contributed by atoms with Gasteiger partial charge in [-0.3, -0.25) is 10.1 Å². The Kier molecular flexibility index (Phi) is 3.92. The molecule has 0 spiro atoms. The van der Waals surface area contributed by atoms with Gasteiger partial charge in [0.15, 0.2) is 9.84 Å².